The molecule has 0 aliphatic carbocycles. The first-order valence-corrected chi connectivity index (χ1v) is 5.16. The average Bonchev–Trinajstić information content (AvgIpc) is 2.21. The van der Waals surface area contributed by atoms with Gasteiger partial charge in [0.05, 0.1) is 6.61 Å². The molecule has 3 nitrogen and oxygen atoms in total. The first kappa shape index (κ1) is 12.6. The molecular formula is C12H16FNO2. The molecule has 16 heavy (non-hydrogen) atoms. The van der Waals surface area contributed by atoms with Gasteiger partial charge in [0.25, 0.3) is 0 Å². The maximum atomic E-state index is 12.7. The summed E-state index contributed by atoms with van der Waals surface area (Å²) in [5.41, 5.74) is 5.58. The Hall–Kier alpha value is -1.42. The molecule has 0 saturated carbocycles. The smallest absolute Gasteiger partial charge is 0.326 e. The fourth-order valence-corrected chi connectivity index (χ4v) is 1.39. The summed E-state index contributed by atoms with van der Waals surface area (Å²) in [4.78, 5) is 11.5. The minimum Gasteiger partial charge on any atom is -0.465 e. The van der Waals surface area contributed by atoms with E-state index in [0.717, 1.165) is 5.56 Å². The van der Waals surface area contributed by atoms with Crippen LogP contribution in [0.3, 0.4) is 0 Å². The van der Waals surface area contributed by atoms with Gasteiger partial charge in [0, 0.05) is 6.42 Å². The predicted octanol–water partition coefficient (Wildman–Crippen LogP) is 1.65. The molecule has 0 unspecified atom stereocenters. The third-order valence-corrected chi connectivity index (χ3v) is 2.23. The summed E-state index contributed by atoms with van der Waals surface area (Å²) in [7, 11) is 0. The molecule has 1 rings (SSSR count). The zero-order chi connectivity index (χ0) is 12.2. The number of rotatable bonds is 4. The van der Waals surface area contributed by atoms with Crippen LogP contribution in [0, 0.1) is 5.82 Å². The van der Waals surface area contributed by atoms with Crippen LogP contribution in [0.5, 0.6) is 0 Å². The molecule has 0 amide bonds. The van der Waals surface area contributed by atoms with Crippen molar-refractivity contribution in [3.8, 4) is 0 Å². The highest BCUT2D eigenvalue weighted by Gasteiger charge is 2.30. The number of benzene rings is 1. The van der Waals surface area contributed by atoms with Gasteiger partial charge < -0.3 is 10.5 Å². The standard InChI is InChI=1S/C12H16FNO2/c1-3-16-11(15)12(2,14)8-9-4-6-10(13)7-5-9/h4-7H,3,8,14H2,1-2H3/t12-/m0/s1. The number of carbonyl (C=O) groups excluding carboxylic acids is 1. The first-order valence-electron chi connectivity index (χ1n) is 5.16. The van der Waals surface area contributed by atoms with Gasteiger partial charge in [-0.15, -0.1) is 0 Å². The molecule has 4 heteroatoms. The highest BCUT2D eigenvalue weighted by Crippen LogP contribution is 2.13. The van der Waals surface area contributed by atoms with Crippen molar-refractivity contribution in [2.24, 2.45) is 5.73 Å². The summed E-state index contributed by atoms with van der Waals surface area (Å²) in [5, 5.41) is 0. The van der Waals surface area contributed by atoms with E-state index in [1.165, 1.54) is 12.1 Å². The molecule has 1 aromatic carbocycles. The number of hydrogen-bond donors (Lipinski definition) is 1. The molecule has 88 valence electrons. The second-order valence-electron chi connectivity index (χ2n) is 3.94. The van der Waals surface area contributed by atoms with Gasteiger partial charge in [-0.05, 0) is 31.5 Å². The van der Waals surface area contributed by atoms with E-state index in [9.17, 15) is 9.18 Å². The van der Waals surface area contributed by atoms with Gasteiger partial charge in [0.1, 0.15) is 11.4 Å². The molecule has 0 bridgehead atoms. The lowest BCUT2D eigenvalue weighted by molar-refractivity contribution is -0.148. The van der Waals surface area contributed by atoms with E-state index in [1.54, 1.807) is 26.0 Å². The van der Waals surface area contributed by atoms with Crippen molar-refractivity contribution in [1.29, 1.82) is 0 Å². The molecule has 1 aromatic rings. The Morgan fingerprint density at radius 2 is 2.00 bits per heavy atom. The Morgan fingerprint density at radius 3 is 2.50 bits per heavy atom. The Morgan fingerprint density at radius 1 is 1.44 bits per heavy atom. The number of carbonyl (C=O) groups is 1. The van der Waals surface area contributed by atoms with E-state index in [-0.39, 0.29) is 5.82 Å². The van der Waals surface area contributed by atoms with Crippen molar-refractivity contribution >= 4 is 5.97 Å². The van der Waals surface area contributed by atoms with Crippen LogP contribution in [0.1, 0.15) is 19.4 Å². The van der Waals surface area contributed by atoms with Crippen LogP contribution in [-0.4, -0.2) is 18.1 Å². The molecular weight excluding hydrogens is 209 g/mol. The number of esters is 1. The topological polar surface area (TPSA) is 52.3 Å². The lowest BCUT2D eigenvalue weighted by Gasteiger charge is -2.22. The molecule has 2 N–H and O–H groups in total. The molecule has 0 saturated heterocycles. The van der Waals surface area contributed by atoms with Crippen molar-refractivity contribution in [3.05, 3.63) is 35.6 Å². The summed E-state index contributed by atoms with van der Waals surface area (Å²) < 4.78 is 17.5. The van der Waals surface area contributed by atoms with E-state index >= 15 is 0 Å². The van der Waals surface area contributed by atoms with Crippen LogP contribution < -0.4 is 5.73 Å². The number of halogens is 1. The minimum absolute atomic E-state index is 0.301. The summed E-state index contributed by atoms with van der Waals surface area (Å²) in [6.45, 7) is 3.63. The molecule has 1 atom stereocenters. The maximum absolute atomic E-state index is 12.7. The Balaban J connectivity index is 2.72. The van der Waals surface area contributed by atoms with Crippen LogP contribution in [0.2, 0.25) is 0 Å². The molecule has 0 aliphatic heterocycles. The zero-order valence-corrected chi connectivity index (χ0v) is 9.50. The minimum atomic E-state index is -1.08. The van der Waals surface area contributed by atoms with Crippen LogP contribution in [0.4, 0.5) is 4.39 Å². The van der Waals surface area contributed by atoms with E-state index in [0.29, 0.717) is 13.0 Å². The van der Waals surface area contributed by atoms with Gasteiger partial charge in [-0.25, -0.2) is 4.39 Å². The summed E-state index contributed by atoms with van der Waals surface area (Å²) >= 11 is 0. The molecule has 0 fully saturated rings. The van der Waals surface area contributed by atoms with Gasteiger partial charge in [-0.1, -0.05) is 12.1 Å². The van der Waals surface area contributed by atoms with E-state index in [1.807, 2.05) is 0 Å². The summed E-state index contributed by atoms with van der Waals surface area (Å²) in [6, 6.07) is 5.91. The normalized spacial score (nSPS) is 14.2. The second-order valence-corrected chi connectivity index (χ2v) is 3.94. The van der Waals surface area contributed by atoms with Gasteiger partial charge in [0.15, 0.2) is 0 Å². The molecule has 0 aliphatic rings. The maximum Gasteiger partial charge on any atom is 0.326 e. The number of hydrogen-bond acceptors (Lipinski definition) is 3. The van der Waals surface area contributed by atoms with Crippen LogP contribution in [-0.2, 0) is 16.0 Å². The van der Waals surface area contributed by atoms with Crippen molar-refractivity contribution in [1.82, 2.24) is 0 Å². The van der Waals surface area contributed by atoms with Gasteiger partial charge in [-0.3, -0.25) is 4.79 Å². The third-order valence-electron chi connectivity index (χ3n) is 2.23. The lowest BCUT2D eigenvalue weighted by atomic mass is 9.94. The van der Waals surface area contributed by atoms with Gasteiger partial charge in [-0.2, -0.15) is 0 Å². The van der Waals surface area contributed by atoms with E-state index in [4.69, 9.17) is 10.5 Å². The first-order chi connectivity index (χ1) is 7.45. The van der Waals surface area contributed by atoms with E-state index < -0.39 is 11.5 Å². The van der Waals surface area contributed by atoms with Crippen molar-refractivity contribution in [3.63, 3.8) is 0 Å². The highest BCUT2D eigenvalue weighted by atomic mass is 19.1. The van der Waals surface area contributed by atoms with Crippen molar-refractivity contribution in [2.75, 3.05) is 6.61 Å². The zero-order valence-electron chi connectivity index (χ0n) is 9.50. The van der Waals surface area contributed by atoms with Crippen LogP contribution in [0.15, 0.2) is 24.3 Å². The SMILES string of the molecule is CCOC(=O)[C@@](C)(N)Cc1ccc(F)cc1. The third kappa shape index (κ3) is 3.31. The Labute approximate surface area is 94.4 Å². The second kappa shape index (κ2) is 5.07. The summed E-state index contributed by atoms with van der Waals surface area (Å²) in [5.74, 6) is -0.752. The van der Waals surface area contributed by atoms with Crippen LogP contribution in [0.25, 0.3) is 0 Å². The largest absolute Gasteiger partial charge is 0.465 e. The number of nitrogens with two attached hydrogens (primary N) is 1. The lowest BCUT2D eigenvalue weighted by Crippen LogP contribution is -2.48. The van der Waals surface area contributed by atoms with E-state index in [2.05, 4.69) is 0 Å². The van der Waals surface area contributed by atoms with Gasteiger partial charge in [0.2, 0.25) is 0 Å². The van der Waals surface area contributed by atoms with Crippen molar-refractivity contribution in [2.45, 2.75) is 25.8 Å². The predicted molar refractivity (Wildman–Crippen MR) is 59.3 cm³/mol. The summed E-state index contributed by atoms with van der Waals surface area (Å²) in [6.07, 6.45) is 0.326. The van der Waals surface area contributed by atoms with Gasteiger partial charge >= 0.3 is 5.97 Å². The van der Waals surface area contributed by atoms with Crippen LogP contribution >= 0.6 is 0 Å². The molecule has 0 aromatic heterocycles. The Kier molecular flexibility index (Phi) is 4.01. The highest BCUT2D eigenvalue weighted by molar-refractivity contribution is 5.80. The van der Waals surface area contributed by atoms with Crippen molar-refractivity contribution < 1.29 is 13.9 Å². The molecule has 0 spiro atoms. The molecule has 0 heterocycles. The monoisotopic (exact) mass is 225 g/mol. The molecule has 0 radical (unpaired) electrons. The fourth-order valence-electron chi connectivity index (χ4n) is 1.39. The average molecular weight is 225 g/mol. The quantitative estimate of drug-likeness (QED) is 0.793. The number of ether oxygens (including phenoxy) is 1. The Bertz CT molecular complexity index is 360. The fraction of sp³-hybridized carbons (Fsp3) is 0.417.